The number of carbonyl (C=O) groups is 2. The minimum Gasteiger partial charge on any atom is -0.441 e. The molecular formula is C17H11Cl6NO3. The van der Waals surface area contributed by atoms with Crippen molar-refractivity contribution in [2.75, 3.05) is 5.32 Å². The Hall–Kier alpha value is -0.880. The number of Topliss-reactive ketones (excluding diaryl/α,β-unsaturated/α-hetero) is 1. The molecule has 0 aliphatic rings. The van der Waals surface area contributed by atoms with E-state index < -0.39 is 28.2 Å². The number of ether oxygens (including phenoxy) is 1. The Kier molecular flexibility index (Phi) is 7.93. The number of halogens is 6. The van der Waals surface area contributed by atoms with Gasteiger partial charge < -0.3 is 4.74 Å². The van der Waals surface area contributed by atoms with Gasteiger partial charge in [-0.3, -0.25) is 10.1 Å². The molecule has 2 aromatic rings. The third-order valence-corrected chi connectivity index (χ3v) is 4.80. The zero-order valence-corrected chi connectivity index (χ0v) is 17.9. The standard InChI is InChI=1S/C17H11Cl6NO3/c18-9-2-1-3-11(6-9)24-16(26)27-15(17(21,22)23)8-14(25)12-5-4-10(19)7-13(12)20/h1-7,15H,8H2,(H,24,26)/t15-/m1/s1. The Morgan fingerprint density at radius 2 is 1.67 bits per heavy atom. The first-order valence-corrected chi connectivity index (χ1v) is 9.61. The molecule has 1 N–H and O–H groups in total. The Morgan fingerprint density at radius 3 is 2.26 bits per heavy atom. The van der Waals surface area contributed by atoms with Crippen molar-refractivity contribution >= 4 is 87.2 Å². The fraction of sp³-hybridized carbons (Fsp3) is 0.176. The van der Waals surface area contributed by atoms with Crippen LogP contribution in [0.25, 0.3) is 0 Å². The summed E-state index contributed by atoms with van der Waals surface area (Å²) in [5.74, 6) is -0.483. The molecule has 2 aromatic carbocycles. The Bertz CT molecular complexity index is 853. The highest BCUT2D eigenvalue weighted by atomic mass is 35.6. The summed E-state index contributed by atoms with van der Waals surface area (Å²) in [5, 5.41) is 3.36. The molecule has 0 bridgehead atoms. The highest BCUT2D eigenvalue weighted by molar-refractivity contribution is 6.68. The van der Waals surface area contributed by atoms with Gasteiger partial charge in [0.2, 0.25) is 3.79 Å². The lowest BCUT2D eigenvalue weighted by molar-refractivity contribution is 0.0812. The number of hydrogen-bond acceptors (Lipinski definition) is 3. The average Bonchev–Trinajstić information content (AvgIpc) is 2.53. The third kappa shape index (κ3) is 6.90. The van der Waals surface area contributed by atoms with Crippen LogP contribution in [0.3, 0.4) is 0 Å². The van der Waals surface area contributed by atoms with Gasteiger partial charge in [-0.25, -0.2) is 4.79 Å². The third-order valence-electron chi connectivity index (χ3n) is 3.29. The Labute approximate surface area is 185 Å². The van der Waals surface area contributed by atoms with Crippen molar-refractivity contribution in [3.8, 4) is 0 Å². The van der Waals surface area contributed by atoms with E-state index >= 15 is 0 Å². The lowest BCUT2D eigenvalue weighted by Gasteiger charge is -2.24. The van der Waals surface area contributed by atoms with Gasteiger partial charge in [0.05, 0.1) is 11.4 Å². The summed E-state index contributed by atoms with van der Waals surface area (Å²) in [7, 11) is 0. The summed E-state index contributed by atoms with van der Waals surface area (Å²) in [5.41, 5.74) is 0.543. The molecular weight excluding hydrogens is 479 g/mol. The molecule has 144 valence electrons. The molecule has 10 heteroatoms. The van der Waals surface area contributed by atoms with E-state index in [1.807, 2.05) is 0 Å². The zero-order valence-electron chi connectivity index (χ0n) is 13.3. The normalized spacial score (nSPS) is 12.4. The molecule has 4 nitrogen and oxygen atoms in total. The lowest BCUT2D eigenvalue weighted by Crippen LogP contribution is -2.35. The fourth-order valence-electron chi connectivity index (χ4n) is 2.06. The largest absolute Gasteiger partial charge is 0.441 e. The van der Waals surface area contributed by atoms with Crippen LogP contribution in [-0.2, 0) is 4.74 Å². The van der Waals surface area contributed by atoms with Gasteiger partial charge in [0, 0.05) is 21.3 Å². The van der Waals surface area contributed by atoms with Gasteiger partial charge >= 0.3 is 6.09 Å². The summed E-state index contributed by atoms with van der Waals surface area (Å²) in [6.45, 7) is 0. The van der Waals surface area contributed by atoms with E-state index in [1.54, 1.807) is 18.2 Å². The second-order valence-corrected chi connectivity index (χ2v) is 8.97. The van der Waals surface area contributed by atoms with Crippen LogP contribution < -0.4 is 5.32 Å². The molecule has 1 atom stereocenters. The molecule has 2 rings (SSSR count). The van der Waals surface area contributed by atoms with E-state index in [2.05, 4.69) is 5.32 Å². The molecule has 0 spiro atoms. The number of carbonyl (C=O) groups excluding carboxylic acids is 2. The Balaban J connectivity index is 2.11. The number of ketones is 1. The zero-order chi connectivity index (χ0) is 20.2. The van der Waals surface area contributed by atoms with Crippen LogP contribution in [0.1, 0.15) is 16.8 Å². The van der Waals surface area contributed by atoms with Crippen molar-refractivity contribution < 1.29 is 14.3 Å². The number of amides is 1. The Morgan fingerprint density at radius 1 is 1.00 bits per heavy atom. The van der Waals surface area contributed by atoms with Crippen LogP contribution in [-0.4, -0.2) is 21.8 Å². The maximum atomic E-state index is 12.5. The summed E-state index contributed by atoms with van der Waals surface area (Å²) < 4.78 is 3.09. The highest BCUT2D eigenvalue weighted by Gasteiger charge is 2.38. The van der Waals surface area contributed by atoms with Crippen LogP contribution in [0.15, 0.2) is 42.5 Å². The van der Waals surface area contributed by atoms with Gasteiger partial charge in [0.1, 0.15) is 0 Å². The molecule has 0 radical (unpaired) electrons. The monoisotopic (exact) mass is 487 g/mol. The summed E-state index contributed by atoms with van der Waals surface area (Å²) in [6, 6.07) is 10.7. The second kappa shape index (κ2) is 9.55. The van der Waals surface area contributed by atoms with Crippen LogP contribution in [0.4, 0.5) is 10.5 Å². The maximum absolute atomic E-state index is 12.5. The quantitative estimate of drug-likeness (QED) is 0.356. The topological polar surface area (TPSA) is 55.4 Å². The second-order valence-electron chi connectivity index (χ2n) is 5.32. The van der Waals surface area contributed by atoms with Gasteiger partial charge in [-0.1, -0.05) is 75.7 Å². The van der Waals surface area contributed by atoms with E-state index in [9.17, 15) is 9.59 Å². The molecule has 0 fully saturated rings. The minimum atomic E-state index is -2.04. The highest BCUT2D eigenvalue weighted by Crippen LogP contribution is 2.35. The van der Waals surface area contributed by atoms with Crippen LogP contribution >= 0.6 is 69.6 Å². The van der Waals surface area contributed by atoms with E-state index in [4.69, 9.17) is 74.3 Å². The summed E-state index contributed by atoms with van der Waals surface area (Å²) in [4.78, 5) is 24.6. The predicted molar refractivity (Wildman–Crippen MR) is 111 cm³/mol. The summed E-state index contributed by atoms with van der Waals surface area (Å²) in [6.07, 6.45) is -2.68. The van der Waals surface area contributed by atoms with E-state index in [0.29, 0.717) is 15.7 Å². The fourth-order valence-corrected chi connectivity index (χ4v) is 3.13. The smallest absolute Gasteiger partial charge is 0.412 e. The van der Waals surface area contributed by atoms with Gasteiger partial charge in [-0.2, -0.15) is 0 Å². The average molecular weight is 490 g/mol. The van der Waals surface area contributed by atoms with Gasteiger partial charge in [0.25, 0.3) is 0 Å². The minimum absolute atomic E-state index is 0.138. The number of nitrogens with one attached hydrogen (secondary N) is 1. The molecule has 0 saturated carbocycles. The molecule has 0 aromatic heterocycles. The van der Waals surface area contributed by atoms with Crippen LogP contribution in [0, 0.1) is 0 Å². The molecule has 0 aliphatic carbocycles. The van der Waals surface area contributed by atoms with Crippen molar-refractivity contribution in [2.45, 2.75) is 16.3 Å². The first kappa shape index (κ1) is 22.4. The molecule has 0 aliphatic heterocycles. The van der Waals surface area contributed by atoms with E-state index in [0.717, 1.165) is 0 Å². The van der Waals surface area contributed by atoms with Crippen LogP contribution in [0.5, 0.6) is 0 Å². The van der Waals surface area contributed by atoms with Crippen molar-refractivity contribution in [3.63, 3.8) is 0 Å². The van der Waals surface area contributed by atoms with Crippen molar-refractivity contribution in [2.24, 2.45) is 0 Å². The van der Waals surface area contributed by atoms with Crippen molar-refractivity contribution in [3.05, 3.63) is 63.1 Å². The molecule has 27 heavy (non-hydrogen) atoms. The molecule has 0 heterocycles. The first-order valence-electron chi connectivity index (χ1n) is 7.34. The molecule has 0 saturated heterocycles. The van der Waals surface area contributed by atoms with Gasteiger partial charge in [-0.15, -0.1) is 0 Å². The lowest BCUT2D eigenvalue weighted by atomic mass is 10.1. The van der Waals surface area contributed by atoms with E-state index in [-0.39, 0.29) is 10.6 Å². The number of anilines is 1. The molecule has 0 unspecified atom stereocenters. The van der Waals surface area contributed by atoms with Crippen LogP contribution in [0.2, 0.25) is 15.1 Å². The number of rotatable bonds is 5. The maximum Gasteiger partial charge on any atom is 0.412 e. The number of benzene rings is 2. The van der Waals surface area contributed by atoms with Gasteiger partial charge in [-0.05, 0) is 36.4 Å². The number of alkyl halides is 3. The SMILES string of the molecule is O=C(Nc1cccc(Cl)c1)O[C@H](CC(=O)c1ccc(Cl)cc1Cl)C(Cl)(Cl)Cl. The first-order chi connectivity index (χ1) is 12.6. The number of hydrogen-bond donors (Lipinski definition) is 1. The van der Waals surface area contributed by atoms with Gasteiger partial charge in [0.15, 0.2) is 11.9 Å². The predicted octanol–water partition coefficient (Wildman–Crippen LogP) is 7.21. The van der Waals surface area contributed by atoms with E-state index in [1.165, 1.54) is 24.3 Å². The summed E-state index contributed by atoms with van der Waals surface area (Å²) >= 11 is 35.3. The van der Waals surface area contributed by atoms with Crippen molar-refractivity contribution in [1.82, 2.24) is 0 Å². The molecule has 1 amide bonds. The van der Waals surface area contributed by atoms with Crippen molar-refractivity contribution in [1.29, 1.82) is 0 Å².